The van der Waals surface area contributed by atoms with Gasteiger partial charge in [-0.15, -0.1) is 5.10 Å². The van der Waals surface area contributed by atoms with Crippen molar-refractivity contribution in [3.05, 3.63) is 90.4 Å². The van der Waals surface area contributed by atoms with Gasteiger partial charge in [0.25, 0.3) is 0 Å². The van der Waals surface area contributed by atoms with Crippen LogP contribution in [0.3, 0.4) is 0 Å². The number of methoxy groups -OCH3 is 1. The number of nitrogens with zero attached hydrogens (tertiary/aromatic N) is 4. The number of cyclic esters (lactones) is 1. The summed E-state index contributed by atoms with van der Waals surface area (Å²) in [7, 11) is 1.61. The van der Waals surface area contributed by atoms with E-state index in [1.165, 1.54) is 29.2 Å². The molecule has 1 saturated heterocycles. The van der Waals surface area contributed by atoms with E-state index in [9.17, 15) is 14.3 Å². The molecular formula is C25H21FN4O4. The molecule has 0 radical (unpaired) electrons. The second-order valence-corrected chi connectivity index (χ2v) is 7.86. The molecule has 1 aliphatic rings. The summed E-state index contributed by atoms with van der Waals surface area (Å²) >= 11 is 0. The largest absolute Gasteiger partial charge is 0.508 e. The van der Waals surface area contributed by atoms with Gasteiger partial charge < -0.3 is 14.6 Å². The molecule has 3 aromatic carbocycles. The molecule has 5 rings (SSSR count). The predicted octanol–water partition coefficient (Wildman–Crippen LogP) is 4.57. The Hall–Kier alpha value is -4.40. The number of aromatic nitrogens is 3. The van der Waals surface area contributed by atoms with Crippen molar-refractivity contribution in [2.75, 3.05) is 12.0 Å². The lowest BCUT2D eigenvalue weighted by molar-refractivity contribution is 0.117. The number of anilines is 1. The first-order valence-corrected chi connectivity index (χ1v) is 10.6. The van der Waals surface area contributed by atoms with Gasteiger partial charge in [-0.3, -0.25) is 4.90 Å². The molecule has 8 nitrogen and oxygen atoms in total. The minimum atomic E-state index is -0.604. The number of rotatable bonds is 6. The minimum Gasteiger partial charge on any atom is -0.508 e. The summed E-state index contributed by atoms with van der Waals surface area (Å²) in [6.45, 7) is 0.248. The molecule has 1 amide bonds. The van der Waals surface area contributed by atoms with E-state index < -0.39 is 24.1 Å². The zero-order chi connectivity index (χ0) is 23.7. The Bertz CT molecular complexity index is 1290. The quantitative estimate of drug-likeness (QED) is 0.454. The minimum absolute atomic E-state index is 0.110. The Labute approximate surface area is 194 Å². The monoisotopic (exact) mass is 460 g/mol. The topological polar surface area (TPSA) is 89.7 Å². The molecule has 1 aliphatic heterocycles. The number of hydrogen-bond donors (Lipinski definition) is 1. The third kappa shape index (κ3) is 4.15. The molecule has 0 saturated carbocycles. The van der Waals surface area contributed by atoms with Gasteiger partial charge >= 0.3 is 6.09 Å². The van der Waals surface area contributed by atoms with Crippen molar-refractivity contribution in [1.82, 2.24) is 15.0 Å². The second-order valence-electron chi connectivity index (χ2n) is 7.86. The number of benzene rings is 3. The van der Waals surface area contributed by atoms with Crippen LogP contribution in [0.4, 0.5) is 14.9 Å². The van der Waals surface area contributed by atoms with Crippen molar-refractivity contribution in [2.45, 2.75) is 18.7 Å². The molecule has 0 bridgehead atoms. The second kappa shape index (κ2) is 8.86. The number of hydrogen-bond acceptors (Lipinski definition) is 6. The van der Waals surface area contributed by atoms with E-state index in [2.05, 4.69) is 10.3 Å². The molecule has 4 aromatic rings. The van der Waals surface area contributed by atoms with Gasteiger partial charge in [-0.2, -0.15) is 0 Å². The fraction of sp³-hybridized carbons (Fsp3) is 0.160. The van der Waals surface area contributed by atoms with Crippen LogP contribution >= 0.6 is 0 Å². The van der Waals surface area contributed by atoms with Crippen LogP contribution in [0.5, 0.6) is 11.5 Å². The molecule has 0 unspecified atom stereocenters. The first kappa shape index (κ1) is 21.4. The Kier molecular flexibility index (Phi) is 5.59. The van der Waals surface area contributed by atoms with Crippen LogP contribution in [0.25, 0.3) is 11.3 Å². The first-order chi connectivity index (χ1) is 16.5. The highest BCUT2D eigenvalue weighted by Crippen LogP contribution is 2.38. The smallest absolute Gasteiger partial charge is 0.415 e. The summed E-state index contributed by atoms with van der Waals surface area (Å²) in [6, 6.07) is 19.2. The van der Waals surface area contributed by atoms with Crippen LogP contribution in [0.1, 0.15) is 11.6 Å². The lowest BCUT2D eigenvalue weighted by Crippen LogP contribution is -2.31. The SMILES string of the molecule is COc1ccc(-c2cn(C[C@H]3OC(=O)N(c4ccc(F)cc4)[C@@H]3c3ccc(O)cc3)nn2)cc1. The van der Waals surface area contributed by atoms with Crippen LogP contribution in [0.15, 0.2) is 79.0 Å². The molecule has 0 spiro atoms. The third-order valence-corrected chi connectivity index (χ3v) is 5.71. The summed E-state index contributed by atoms with van der Waals surface area (Å²) in [5, 5.41) is 18.2. The maximum absolute atomic E-state index is 13.5. The molecule has 34 heavy (non-hydrogen) atoms. The standard InChI is InChI=1S/C25H21FN4O4/c1-33-21-12-4-16(5-13-21)22-14-29(28-27-22)15-23-24(17-2-10-20(31)11-3-17)30(25(32)34-23)19-8-6-18(26)7-9-19/h2-14,23-24,31H,15H2,1H3/t23-,24-/m1/s1. The van der Waals surface area contributed by atoms with Crippen LogP contribution in [0, 0.1) is 5.82 Å². The van der Waals surface area contributed by atoms with Crippen LogP contribution < -0.4 is 9.64 Å². The average molecular weight is 460 g/mol. The van der Waals surface area contributed by atoms with E-state index in [1.54, 1.807) is 42.3 Å². The molecule has 1 fully saturated rings. The van der Waals surface area contributed by atoms with Crippen molar-refractivity contribution in [3.63, 3.8) is 0 Å². The Balaban J connectivity index is 1.45. The average Bonchev–Trinajstić information content (AvgIpc) is 3.44. The summed E-state index contributed by atoms with van der Waals surface area (Å²) < 4.78 is 26.0. The number of halogens is 1. The highest BCUT2D eigenvalue weighted by molar-refractivity contribution is 5.91. The van der Waals surface area contributed by atoms with Gasteiger partial charge in [0.05, 0.1) is 19.9 Å². The van der Waals surface area contributed by atoms with Gasteiger partial charge in [-0.25, -0.2) is 13.9 Å². The van der Waals surface area contributed by atoms with E-state index in [-0.39, 0.29) is 12.3 Å². The normalized spacial score (nSPS) is 17.6. The predicted molar refractivity (Wildman–Crippen MR) is 122 cm³/mol. The van der Waals surface area contributed by atoms with Gasteiger partial charge in [-0.1, -0.05) is 17.3 Å². The molecule has 1 aromatic heterocycles. The summed E-state index contributed by atoms with van der Waals surface area (Å²) in [5.74, 6) is 0.452. The fourth-order valence-corrected chi connectivity index (χ4v) is 4.04. The van der Waals surface area contributed by atoms with Gasteiger partial charge in [0.15, 0.2) is 0 Å². The summed E-state index contributed by atoms with van der Waals surface area (Å²) in [6.07, 6.45) is 0.627. The van der Waals surface area contributed by atoms with E-state index in [4.69, 9.17) is 9.47 Å². The summed E-state index contributed by atoms with van der Waals surface area (Å²) in [4.78, 5) is 14.4. The van der Waals surface area contributed by atoms with Crippen molar-refractivity contribution in [3.8, 4) is 22.8 Å². The molecule has 2 heterocycles. The number of ether oxygens (including phenoxy) is 2. The highest BCUT2D eigenvalue weighted by Gasteiger charge is 2.44. The van der Waals surface area contributed by atoms with E-state index in [0.29, 0.717) is 11.4 Å². The third-order valence-electron chi connectivity index (χ3n) is 5.71. The number of carbonyl (C=O) groups excluding carboxylic acids is 1. The lowest BCUT2D eigenvalue weighted by Gasteiger charge is -2.25. The molecule has 1 N–H and O–H groups in total. The van der Waals surface area contributed by atoms with Gasteiger partial charge in [0.1, 0.15) is 35.2 Å². The van der Waals surface area contributed by atoms with Crippen LogP contribution in [-0.2, 0) is 11.3 Å². The number of carbonyl (C=O) groups is 1. The van der Waals surface area contributed by atoms with Gasteiger partial charge in [0, 0.05) is 11.3 Å². The number of phenolic OH excluding ortho intramolecular Hbond substituents is 1. The Morgan fingerprint density at radius 1 is 1.03 bits per heavy atom. The molecule has 172 valence electrons. The van der Waals surface area contributed by atoms with E-state index in [0.717, 1.165) is 16.9 Å². The fourth-order valence-electron chi connectivity index (χ4n) is 4.04. The lowest BCUT2D eigenvalue weighted by atomic mass is 10.00. The van der Waals surface area contributed by atoms with Gasteiger partial charge in [-0.05, 0) is 66.2 Å². The maximum Gasteiger partial charge on any atom is 0.415 e. The zero-order valence-electron chi connectivity index (χ0n) is 18.2. The van der Waals surface area contributed by atoms with E-state index in [1.807, 2.05) is 24.3 Å². The highest BCUT2D eigenvalue weighted by atomic mass is 19.1. The van der Waals surface area contributed by atoms with Crippen LogP contribution in [-0.4, -0.2) is 39.4 Å². The van der Waals surface area contributed by atoms with Crippen molar-refractivity contribution in [2.24, 2.45) is 0 Å². The Morgan fingerprint density at radius 2 is 1.74 bits per heavy atom. The first-order valence-electron chi connectivity index (χ1n) is 10.6. The van der Waals surface area contributed by atoms with Crippen molar-refractivity contribution < 1.29 is 23.8 Å². The molecular weight excluding hydrogens is 439 g/mol. The zero-order valence-corrected chi connectivity index (χ0v) is 18.2. The molecule has 9 heteroatoms. The molecule has 0 aliphatic carbocycles. The number of aromatic hydroxyl groups is 1. The number of amides is 1. The Morgan fingerprint density at radius 3 is 2.41 bits per heavy atom. The van der Waals surface area contributed by atoms with Crippen molar-refractivity contribution in [1.29, 1.82) is 0 Å². The number of phenols is 1. The summed E-state index contributed by atoms with van der Waals surface area (Å²) in [5.41, 5.74) is 2.81. The van der Waals surface area contributed by atoms with E-state index >= 15 is 0 Å². The van der Waals surface area contributed by atoms with Crippen LogP contribution in [0.2, 0.25) is 0 Å². The maximum atomic E-state index is 13.5. The molecule has 2 atom stereocenters. The van der Waals surface area contributed by atoms with Gasteiger partial charge in [0.2, 0.25) is 0 Å². The van der Waals surface area contributed by atoms with Crippen molar-refractivity contribution >= 4 is 11.8 Å².